The highest BCUT2D eigenvalue weighted by Crippen LogP contribution is 1.97. The van der Waals surface area contributed by atoms with Gasteiger partial charge in [0.1, 0.15) is 0 Å². The second-order valence-corrected chi connectivity index (χ2v) is 3.37. The summed E-state index contributed by atoms with van der Waals surface area (Å²) in [5.41, 5.74) is 0.950. The smallest absolute Gasteiger partial charge is 0.327 e. The van der Waals surface area contributed by atoms with Crippen molar-refractivity contribution in [2.24, 2.45) is 0 Å². The van der Waals surface area contributed by atoms with Crippen molar-refractivity contribution in [2.45, 2.75) is 6.54 Å². The molecule has 5 heteroatoms. The summed E-state index contributed by atoms with van der Waals surface area (Å²) in [7, 11) is 0. The SMILES string of the molecule is C=CCN(S)C(=O)NCc1cccnc1. The largest absolute Gasteiger partial charge is 0.333 e. The fraction of sp³-hybridized carbons (Fsp3) is 0.200. The molecule has 0 aliphatic carbocycles. The standard InChI is InChI=1S/C10H13N3OS/c1-2-6-13(15)10(14)12-8-9-4-3-5-11-7-9/h2-5,7,15H,1,6,8H2,(H,12,14). The first-order chi connectivity index (χ1) is 7.24. The predicted molar refractivity (Wildman–Crippen MR) is 62.4 cm³/mol. The van der Waals surface area contributed by atoms with E-state index in [0.29, 0.717) is 13.1 Å². The molecular formula is C10H13N3OS. The number of carbonyl (C=O) groups is 1. The van der Waals surface area contributed by atoms with Crippen LogP contribution in [0.2, 0.25) is 0 Å². The molecule has 0 bridgehead atoms. The molecule has 1 N–H and O–H groups in total. The van der Waals surface area contributed by atoms with Crippen molar-refractivity contribution < 1.29 is 4.79 Å². The minimum absolute atomic E-state index is 0.248. The molecule has 0 aliphatic heterocycles. The molecule has 1 rings (SSSR count). The Kier molecular flexibility index (Phi) is 4.70. The summed E-state index contributed by atoms with van der Waals surface area (Å²) in [6, 6.07) is 3.47. The first-order valence-corrected chi connectivity index (χ1v) is 4.88. The number of thiol groups is 1. The molecule has 1 aromatic heterocycles. The van der Waals surface area contributed by atoms with E-state index in [0.717, 1.165) is 5.56 Å². The summed E-state index contributed by atoms with van der Waals surface area (Å²) < 4.78 is 1.25. The molecule has 4 nitrogen and oxygen atoms in total. The summed E-state index contributed by atoms with van der Waals surface area (Å²) in [6.07, 6.45) is 5.00. The molecule has 2 amide bonds. The van der Waals surface area contributed by atoms with Gasteiger partial charge in [0.15, 0.2) is 0 Å². The van der Waals surface area contributed by atoms with Gasteiger partial charge in [-0.15, -0.1) is 6.58 Å². The second-order valence-electron chi connectivity index (χ2n) is 2.89. The van der Waals surface area contributed by atoms with Gasteiger partial charge in [-0.25, -0.2) is 4.79 Å². The van der Waals surface area contributed by atoms with Gasteiger partial charge in [0, 0.05) is 18.9 Å². The number of pyridine rings is 1. The van der Waals surface area contributed by atoms with Gasteiger partial charge in [0.2, 0.25) is 0 Å². The van der Waals surface area contributed by atoms with Crippen LogP contribution in [0.5, 0.6) is 0 Å². The predicted octanol–water partition coefficient (Wildman–Crippen LogP) is 1.62. The number of urea groups is 1. The molecule has 0 radical (unpaired) electrons. The number of rotatable bonds is 4. The van der Waals surface area contributed by atoms with E-state index in [1.54, 1.807) is 18.5 Å². The highest BCUT2D eigenvalue weighted by molar-refractivity contribution is 7.78. The monoisotopic (exact) mass is 223 g/mol. The van der Waals surface area contributed by atoms with E-state index in [2.05, 4.69) is 29.7 Å². The van der Waals surface area contributed by atoms with Gasteiger partial charge in [0.05, 0.1) is 6.54 Å². The molecule has 0 saturated carbocycles. The molecule has 1 aromatic rings. The lowest BCUT2D eigenvalue weighted by Crippen LogP contribution is -2.33. The Morgan fingerprint density at radius 3 is 3.13 bits per heavy atom. The Labute approximate surface area is 94.5 Å². The zero-order chi connectivity index (χ0) is 11.1. The Hall–Kier alpha value is -1.49. The maximum Gasteiger partial charge on any atom is 0.327 e. The normalized spacial score (nSPS) is 9.40. The lowest BCUT2D eigenvalue weighted by Gasteiger charge is -2.14. The van der Waals surface area contributed by atoms with Crippen LogP contribution in [-0.4, -0.2) is 21.9 Å². The second kappa shape index (κ2) is 6.08. The van der Waals surface area contributed by atoms with Crippen LogP contribution in [0.25, 0.3) is 0 Å². The van der Waals surface area contributed by atoms with Crippen LogP contribution in [0.3, 0.4) is 0 Å². The van der Waals surface area contributed by atoms with Crippen molar-refractivity contribution in [3.8, 4) is 0 Å². The quantitative estimate of drug-likeness (QED) is 0.602. The fourth-order valence-corrected chi connectivity index (χ4v) is 1.16. The first-order valence-electron chi connectivity index (χ1n) is 4.48. The van der Waals surface area contributed by atoms with E-state index in [1.807, 2.05) is 12.1 Å². The van der Waals surface area contributed by atoms with Crippen LogP contribution in [-0.2, 0) is 6.54 Å². The summed E-state index contributed by atoms with van der Waals surface area (Å²) in [5, 5.41) is 2.71. The molecule has 0 unspecified atom stereocenters. The Bertz CT molecular complexity index is 329. The molecule has 0 saturated heterocycles. The fourth-order valence-electron chi connectivity index (χ4n) is 0.977. The number of amides is 2. The van der Waals surface area contributed by atoms with Crippen LogP contribution in [0.1, 0.15) is 5.56 Å². The van der Waals surface area contributed by atoms with Gasteiger partial charge in [-0.2, -0.15) is 0 Å². The van der Waals surface area contributed by atoms with Gasteiger partial charge in [-0.1, -0.05) is 25.0 Å². The molecule has 0 spiro atoms. The maximum atomic E-state index is 11.4. The molecule has 0 fully saturated rings. The van der Waals surface area contributed by atoms with Gasteiger partial charge in [-0.3, -0.25) is 9.29 Å². The summed E-state index contributed by atoms with van der Waals surface area (Å²) in [6.45, 7) is 4.37. The van der Waals surface area contributed by atoms with Crippen LogP contribution in [0.15, 0.2) is 37.2 Å². The van der Waals surface area contributed by atoms with Crippen molar-refractivity contribution in [1.29, 1.82) is 0 Å². The third kappa shape index (κ3) is 4.03. The third-order valence-corrected chi connectivity index (χ3v) is 2.05. The Morgan fingerprint density at radius 2 is 2.53 bits per heavy atom. The van der Waals surface area contributed by atoms with Gasteiger partial charge in [0.25, 0.3) is 0 Å². The van der Waals surface area contributed by atoms with Crippen molar-refractivity contribution in [3.63, 3.8) is 0 Å². The summed E-state index contributed by atoms with van der Waals surface area (Å²) in [5.74, 6) is 0. The van der Waals surface area contributed by atoms with Crippen molar-refractivity contribution in [3.05, 3.63) is 42.7 Å². The number of hydrogen-bond donors (Lipinski definition) is 2. The topological polar surface area (TPSA) is 45.2 Å². The van der Waals surface area contributed by atoms with Gasteiger partial charge in [-0.05, 0) is 11.6 Å². The average molecular weight is 223 g/mol. The minimum Gasteiger partial charge on any atom is -0.333 e. The Balaban J connectivity index is 2.37. The lowest BCUT2D eigenvalue weighted by molar-refractivity contribution is 0.228. The van der Waals surface area contributed by atoms with Gasteiger partial charge >= 0.3 is 6.03 Å². The van der Waals surface area contributed by atoms with E-state index in [4.69, 9.17) is 0 Å². The lowest BCUT2D eigenvalue weighted by atomic mass is 10.3. The zero-order valence-electron chi connectivity index (χ0n) is 8.26. The summed E-state index contributed by atoms with van der Waals surface area (Å²) in [4.78, 5) is 15.3. The number of carbonyl (C=O) groups excluding carboxylic acids is 1. The molecule has 0 aromatic carbocycles. The molecule has 15 heavy (non-hydrogen) atoms. The van der Waals surface area contributed by atoms with Crippen LogP contribution in [0, 0.1) is 0 Å². The highest BCUT2D eigenvalue weighted by atomic mass is 32.1. The average Bonchev–Trinajstić information content (AvgIpc) is 2.27. The maximum absolute atomic E-state index is 11.4. The van der Waals surface area contributed by atoms with Crippen LogP contribution in [0.4, 0.5) is 4.79 Å². The highest BCUT2D eigenvalue weighted by Gasteiger charge is 2.06. The Morgan fingerprint density at radius 1 is 1.73 bits per heavy atom. The first kappa shape index (κ1) is 11.6. The number of hydrogen-bond acceptors (Lipinski definition) is 3. The zero-order valence-corrected chi connectivity index (χ0v) is 9.15. The van der Waals surface area contributed by atoms with E-state index in [-0.39, 0.29) is 6.03 Å². The minimum atomic E-state index is -0.248. The van der Waals surface area contributed by atoms with Crippen molar-refractivity contribution >= 4 is 18.8 Å². The van der Waals surface area contributed by atoms with Crippen molar-refractivity contribution in [1.82, 2.24) is 14.6 Å². The van der Waals surface area contributed by atoms with Crippen LogP contribution >= 0.6 is 12.8 Å². The van der Waals surface area contributed by atoms with E-state index >= 15 is 0 Å². The van der Waals surface area contributed by atoms with E-state index in [9.17, 15) is 4.79 Å². The van der Waals surface area contributed by atoms with Crippen molar-refractivity contribution in [2.75, 3.05) is 6.54 Å². The number of aromatic nitrogens is 1. The molecule has 0 aliphatic rings. The van der Waals surface area contributed by atoms with E-state index in [1.165, 1.54) is 4.31 Å². The number of nitrogens with one attached hydrogen (secondary N) is 1. The molecule has 0 atom stereocenters. The van der Waals surface area contributed by atoms with Gasteiger partial charge < -0.3 is 5.32 Å². The third-order valence-electron chi connectivity index (χ3n) is 1.70. The number of nitrogens with zero attached hydrogens (tertiary/aromatic N) is 2. The van der Waals surface area contributed by atoms with E-state index < -0.39 is 0 Å². The molecule has 1 heterocycles. The molecular weight excluding hydrogens is 210 g/mol. The summed E-state index contributed by atoms with van der Waals surface area (Å²) >= 11 is 3.99. The molecule has 80 valence electrons. The van der Waals surface area contributed by atoms with Crippen LogP contribution < -0.4 is 5.32 Å².